The van der Waals surface area contributed by atoms with Gasteiger partial charge in [0.1, 0.15) is 0 Å². The van der Waals surface area contributed by atoms with Crippen LogP contribution in [0.2, 0.25) is 0 Å². The maximum atomic E-state index is 11.2. The van der Waals surface area contributed by atoms with E-state index >= 15 is 0 Å². The Morgan fingerprint density at radius 1 is 1.31 bits per heavy atom. The quantitative estimate of drug-likeness (QED) is 0.755. The third-order valence-corrected chi connectivity index (χ3v) is 3.57. The summed E-state index contributed by atoms with van der Waals surface area (Å²) in [6.07, 6.45) is 9.23. The van der Waals surface area contributed by atoms with E-state index in [1.165, 1.54) is 38.5 Å². The van der Waals surface area contributed by atoms with Crippen LogP contribution in [0.5, 0.6) is 0 Å². The lowest BCUT2D eigenvalue weighted by molar-refractivity contribution is -0.121. The van der Waals surface area contributed by atoms with Gasteiger partial charge in [0, 0.05) is 5.54 Å². The minimum Gasteiger partial charge on any atom is -0.350 e. The molecule has 3 N–H and O–H groups in total. The molecule has 0 aliphatic heterocycles. The van der Waals surface area contributed by atoms with Crippen molar-refractivity contribution in [3.8, 4) is 0 Å². The smallest absolute Gasteiger partial charge is 0.234 e. The molecular weight excluding hydrogens is 200 g/mol. The highest BCUT2D eigenvalue weighted by Crippen LogP contribution is 2.29. The molecule has 0 radical (unpaired) electrons. The van der Waals surface area contributed by atoms with Crippen LogP contribution in [-0.2, 0) is 4.79 Å². The van der Waals surface area contributed by atoms with Gasteiger partial charge >= 0.3 is 0 Å². The van der Waals surface area contributed by atoms with Gasteiger partial charge in [-0.25, -0.2) is 0 Å². The zero-order chi connectivity index (χ0) is 12.0. The molecule has 0 saturated heterocycles. The number of nitrogens with two attached hydrogens (primary N) is 1. The Labute approximate surface area is 99.2 Å². The van der Waals surface area contributed by atoms with Crippen molar-refractivity contribution in [3.05, 3.63) is 0 Å². The van der Waals surface area contributed by atoms with Gasteiger partial charge in [0.25, 0.3) is 0 Å². The average Bonchev–Trinajstić information content (AvgIpc) is 2.27. The molecule has 0 aromatic heterocycles. The minimum absolute atomic E-state index is 0.0476. The van der Waals surface area contributed by atoms with Gasteiger partial charge in [0.2, 0.25) is 5.91 Å². The summed E-state index contributed by atoms with van der Waals surface area (Å²) >= 11 is 0. The van der Waals surface area contributed by atoms with Crippen molar-refractivity contribution >= 4 is 5.91 Å². The number of hydrogen-bond acceptors (Lipinski definition) is 2. The summed E-state index contributed by atoms with van der Waals surface area (Å²) in [5, 5.41) is 2.98. The Balaban J connectivity index is 2.25. The Morgan fingerprint density at radius 3 is 2.50 bits per heavy atom. The van der Waals surface area contributed by atoms with Crippen molar-refractivity contribution in [2.45, 2.75) is 64.3 Å². The molecule has 0 spiro atoms. The Hall–Kier alpha value is -0.570. The van der Waals surface area contributed by atoms with Crippen LogP contribution in [0.4, 0.5) is 0 Å². The van der Waals surface area contributed by atoms with Gasteiger partial charge in [0.15, 0.2) is 0 Å². The molecule has 0 heterocycles. The van der Waals surface area contributed by atoms with E-state index in [2.05, 4.69) is 19.2 Å². The maximum Gasteiger partial charge on any atom is 0.234 e. The third kappa shape index (κ3) is 4.97. The summed E-state index contributed by atoms with van der Waals surface area (Å²) in [6, 6.07) is 0. The number of rotatable bonds is 5. The van der Waals surface area contributed by atoms with Crippen molar-refractivity contribution in [2.24, 2.45) is 11.7 Å². The van der Waals surface area contributed by atoms with E-state index in [-0.39, 0.29) is 18.0 Å². The molecule has 1 rings (SSSR count). The fourth-order valence-electron chi connectivity index (χ4n) is 2.53. The van der Waals surface area contributed by atoms with Crippen LogP contribution in [-0.4, -0.2) is 18.0 Å². The van der Waals surface area contributed by atoms with Crippen molar-refractivity contribution in [3.63, 3.8) is 0 Å². The molecule has 0 aromatic carbocycles. The van der Waals surface area contributed by atoms with E-state index in [4.69, 9.17) is 5.73 Å². The second kappa shape index (κ2) is 6.24. The lowest BCUT2D eigenvalue weighted by Gasteiger charge is -2.29. The Morgan fingerprint density at radius 2 is 1.94 bits per heavy atom. The SMILES string of the molecule is CC(C)(CCC1CCCCC1)NC(=O)CN. The Bertz CT molecular complexity index is 220. The van der Waals surface area contributed by atoms with Gasteiger partial charge in [-0.3, -0.25) is 4.79 Å². The first-order chi connectivity index (χ1) is 7.53. The summed E-state index contributed by atoms with van der Waals surface area (Å²) in [7, 11) is 0. The lowest BCUT2D eigenvalue weighted by atomic mass is 9.83. The lowest BCUT2D eigenvalue weighted by Crippen LogP contribution is -2.46. The molecule has 0 bridgehead atoms. The fraction of sp³-hybridized carbons (Fsp3) is 0.923. The molecule has 0 aromatic rings. The largest absolute Gasteiger partial charge is 0.350 e. The third-order valence-electron chi connectivity index (χ3n) is 3.57. The fourth-order valence-corrected chi connectivity index (χ4v) is 2.53. The molecule has 16 heavy (non-hydrogen) atoms. The molecule has 1 aliphatic rings. The topological polar surface area (TPSA) is 55.1 Å². The van der Waals surface area contributed by atoms with E-state index in [9.17, 15) is 4.79 Å². The predicted molar refractivity (Wildman–Crippen MR) is 67.1 cm³/mol. The van der Waals surface area contributed by atoms with Gasteiger partial charge < -0.3 is 11.1 Å². The molecule has 1 aliphatic carbocycles. The zero-order valence-corrected chi connectivity index (χ0v) is 10.7. The van der Waals surface area contributed by atoms with Crippen LogP contribution >= 0.6 is 0 Å². The number of nitrogens with one attached hydrogen (secondary N) is 1. The molecule has 94 valence electrons. The normalized spacial score (nSPS) is 18.4. The van der Waals surface area contributed by atoms with Crippen molar-refractivity contribution in [1.29, 1.82) is 0 Å². The molecular formula is C13H26N2O. The van der Waals surface area contributed by atoms with Crippen LogP contribution in [0.25, 0.3) is 0 Å². The van der Waals surface area contributed by atoms with E-state index in [0.29, 0.717) is 0 Å². The molecule has 0 atom stereocenters. The summed E-state index contributed by atoms with van der Waals surface area (Å²) in [4.78, 5) is 11.2. The van der Waals surface area contributed by atoms with Gasteiger partial charge in [-0.1, -0.05) is 32.1 Å². The first-order valence-electron chi connectivity index (χ1n) is 6.54. The highest BCUT2D eigenvalue weighted by atomic mass is 16.1. The monoisotopic (exact) mass is 226 g/mol. The van der Waals surface area contributed by atoms with Gasteiger partial charge in [-0.2, -0.15) is 0 Å². The standard InChI is InChI=1S/C13H26N2O/c1-13(2,15-12(16)10-14)9-8-11-6-4-3-5-7-11/h11H,3-10,14H2,1-2H3,(H,15,16). The molecule has 1 saturated carbocycles. The molecule has 3 nitrogen and oxygen atoms in total. The van der Waals surface area contributed by atoms with E-state index in [1.54, 1.807) is 0 Å². The minimum atomic E-state index is -0.103. The summed E-state index contributed by atoms with van der Waals surface area (Å²) in [6.45, 7) is 4.26. The number of hydrogen-bond donors (Lipinski definition) is 2. The van der Waals surface area contributed by atoms with Gasteiger partial charge in [-0.05, 0) is 32.6 Å². The van der Waals surface area contributed by atoms with Crippen LogP contribution < -0.4 is 11.1 Å². The number of carbonyl (C=O) groups excluding carboxylic acids is 1. The van der Waals surface area contributed by atoms with E-state index in [0.717, 1.165) is 12.3 Å². The van der Waals surface area contributed by atoms with Gasteiger partial charge in [-0.15, -0.1) is 0 Å². The van der Waals surface area contributed by atoms with Crippen LogP contribution in [0.1, 0.15) is 58.8 Å². The maximum absolute atomic E-state index is 11.2. The zero-order valence-electron chi connectivity index (χ0n) is 10.7. The van der Waals surface area contributed by atoms with Gasteiger partial charge in [0.05, 0.1) is 6.54 Å². The number of amides is 1. The number of carbonyl (C=O) groups is 1. The molecule has 1 fully saturated rings. The summed E-state index contributed by atoms with van der Waals surface area (Å²) in [5.41, 5.74) is 5.20. The van der Waals surface area contributed by atoms with Crippen LogP contribution in [0.15, 0.2) is 0 Å². The van der Waals surface area contributed by atoms with E-state index < -0.39 is 0 Å². The highest BCUT2D eigenvalue weighted by Gasteiger charge is 2.22. The summed E-state index contributed by atoms with van der Waals surface area (Å²) < 4.78 is 0. The van der Waals surface area contributed by atoms with Crippen molar-refractivity contribution in [2.75, 3.05) is 6.54 Å². The predicted octanol–water partition coefficient (Wildman–Crippen LogP) is 2.20. The van der Waals surface area contributed by atoms with Crippen LogP contribution in [0.3, 0.4) is 0 Å². The molecule has 3 heteroatoms. The Kier molecular flexibility index (Phi) is 5.26. The van der Waals surface area contributed by atoms with E-state index in [1.807, 2.05) is 0 Å². The average molecular weight is 226 g/mol. The highest BCUT2D eigenvalue weighted by molar-refractivity contribution is 5.78. The van der Waals surface area contributed by atoms with Crippen molar-refractivity contribution in [1.82, 2.24) is 5.32 Å². The molecule has 1 amide bonds. The van der Waals surface area contributed by atoms with Crippen LogP contribution in [0, 0.1) is 5.92 Å². The molecule has 0 unspecified atom stereocenters. The first kappa shape index (κ1) is 13.5. The van der Waals surface area contributed by atoms with Crippen molar-refractivity contribution < 1.29 is 4.79 Å². The summed E-state index contributed by atoms with van der Waals surface area (Å²) in [5.74, 6) is 0.830. The second-order valence-corrected chi connectivity index (χ2v) is 5.68. The second-order valence-electron chi connectivity index (χ2n) is 5.68. The first-order valence-corrected chi connectivity index (χ1v) is 6.54.